The van der Waals surface area contributed by atoms with Crippen molar-refractivity contribution in [2.45, 2.75) is 89.0 Å². The van der Waals surface area contributed by atoms with Gasteiger partial charge in [0.25, 0.3) is 0 Å². The fourth-order valence-electron chi connectivity index (χ4n) is 16.3. The molecule has 2 N–H and O–H groups in total. The number of nitrogens with zero attached hydrogens (tertiary/aromatic N) is 5. The van der Waals surface area contributed by atoms with E-state index in [-0.39, 0.29) is 17.9 Å². The van der Waals surface area contributed by atoms with Gasteiger partial charge in [-0.05, 0) is 151 Å². The molecule has 15 aromatic rings. The minimum atomic E-state index is -0.205. The summed E-state index contributed by atoms with van der Waals surface area (Å²) in [5, 5.41) is 21.0. The quantitative estimate of drug-likeness (QED) is 0.156. The van der Waals surface area contributed by atoms with E-state index in [0.29, 0.717) is 5.56 Å². The van der Waals surface area contributed by atoms with E-state index in [0.717, 1.165) is 90.5 Å². The van der Waals surface area contributed by atoms with E-state index in [9.17, 15) is 5.26 Å². The van der Waals surface area contributed by atoms with Gasteiger partial charge in [-0.1, -0.05) is 190 Å². The molecule has 0 radical (unpaired) electrons. The van der Waals surface area contributed by atoms with Crippen LogP contribution in [-0.4, -0.2) is 18.3 Å². The normalized spacial score (nSPS) is 14.9. The van der Waals surface area contributed by atoms with Gasteiger partial charge >= 0.3 is 0 Å². The summed E-state index contributed by atoms with van der Waals surface area (Å²) in [6, 6.07) is 88.3. The third-order valence-electron chi connectivity index (χ3n) is 19.9. The molecule has 17 rings (SSSR count). The van der Waals surface area contributed by atoms with Crippen molar-refractivity contribution >= 4 is 87.2 Å². The Bertz CT molecular complexity index is 5280. The topological polar surface area (TPSA) is 69.5 Å². The summed E-state index contributed by atoms with van der Waals surface area (Å²) in [5.41, 5.74) is 30.6. The summed E-state index contributed by atoms with van der Waals surface area (Å²) in [6.45, 7) is 2.12. The van der Waals surface area contributed by atoms with Crippen molar-refractivity contribution in [3.63, 3.8) is 0 Å². The molecule has 11 aromatic carbocycles. The van der Waals surface area contributed by atoms with Gasteiger partial charge in [0, 0.05) is 71.6 Å². The SMILES string of the molecule is CC(N)c1cccc(-c2c(C3CCCCC3)c(-n3c4ccccc4c4ccc5c(c6ccccc6n5-c5ccccc5)c43)c(C3CCCCC3)c(-c3cccc(C#N)c3)c2-n2c3ccccc3c3ccc4c(c5ccccc5n4-c4ccccc4)c32)c1. The van der Waals surface area contributed by atoms with E-state index in [1.807, 2.05) is 6.07 Å². The molecule has 0 amide bonds. The molecule has 0 saturated heterocycles. The minimum Gasteiger partial charge on any atom is -0.324 e. The van der Waals surface area contributed by atoms with Gasteiger partial charge in [-0.25, -0.2) is 0 Å². The Morgan fingerprint density at radius 1 is 0.379 bits per heavy atom. The molecule has 0 spiro atoms. The lowest BCUT2D eigenvalue weighted by Gasteiger charge is -2.37. The lowest BCUT2D eigenvalue weighted by Crippen LogP contribution is -2.20. The molecule has 0 bridgehead atoms. The van der Waals surface area contributed by atoms with Gasteiger partial charge in [0.1, 0.15) is 0 Å². The Kier molecular flexibility index (Phi) is 12.2. The van der Waals surface area contributed by atoms with Crippen molar-refractivity contribution in [2.24, 2.45) is 5.73 Å². The van der Waals surface area contributed by atoms with Gasteiger partial charge in [0.05, 0.1) is 67.1 Å². The van der Waals surface area contributed by atoms with E-state index < -0.39 is 0 Å². The van der Waals surface area contributed by atoms with Gasteiger partial charge in [-0.3, -0.25) is 0 Å². The molecule has 4 heterocycles. The van der Waals surface area contributed by atoms with Crippen molar-refractivity contribution in [3.8, 4) is 51.1 Å². The molecule has 6 nitrogen and oxygen atoms in total. The van der Waals surface area contributed by atoms with Gasteiger partial charge < -0.3 is 24.0 Å². The number of hydrogen-bond donors (Lipinski definition) is 1. The second-order valence-electron chi connectivity index (χ2n) is 24.8. The smallest absolute Gasteiger partial charge is 0.0991 e. The number of benzene rings is 11. The number of hydrogen-bond acceptors (Lipinski definition) is 2. The Balaban J connectivity index is 1.17. The molecule has 4 aromatic heterocycles. The molecular weight excluding hydrogens is 1060 g/mol. The second kappa shape index (κ2) is 20.7. The van der Waals surface area contributed by atoms with E-state index >= 15 is 0 Å². The molecule has 0 aliphatic heterocycles. The zero-order valence-corrected chi connectivity index (χ0v) is 49.1. The maximum atomic E-state index is 11.1. The Morgan fingerprint density at radius 3 is 1.26 bits per heavy atom. The van der Waals surface area contributed by atoms with E-state index in [1.54, 1.807) is 0 Å². The van der Waals surface area contributed by atoms with Crippen molar-refractivity contribution in [2.75, 3.05) is 0 Å². The first-order chi connectivity index (χ1) is 43.0. The minimum absolute atomic E-state index is 0.189. The summed E-state index contributed by atoms with van der Waals surface area (Å²) >= 11 is 0. The highest BCUT2D eigenvalue weighted by Crippen LogP contribution is 2.58. The maximum Gasteiger partial charge on any atom is 0.0991 e. The van der Waals surface area contributed by atoms with Crippen molar-refractivity contribution in [3.05, 3.63) is 253 Å². The third-order valence-corrected chi connectivity index (χ3v) is 19.9. The summed E-state index contributed by atoms with van der Waals surface area (Å²) in [7, 11) is 0. The molecule has 2 saturated carbocycles. The van der Waals surface area contributed by atoms with Crippen LogP contribution in [-0.2, 0) is 0 Å². The van der Waals surface area contributed by atoms with E-state index in [1.165, 1.54) is 123 Å². The van der Waals surface area contributed by atoms with Gasteiger partial charge in [-0.2, -0.15) is 5.26 Å². The number of para-hydroxylation sites is 6. The number of nitrogens with two attached hydrogens (primary N) is 1. The van der Waals surface area contributed by atoms with Crippen LogP contribution < -0.4 is 5.73 Å². The van der Waals surface area contributed by atoms with Crippen LogP contribution in [0.3, 0.4) is 0 Å². The first-order valence-corrected chi connectivity index (χ1v) is 31.7. The zero-order valence-electron chi connectivity index (χ0n) is 49.1. The molecule has 420 valence electrons. The van der Waals surface area contributed by atoms with E-state index in [4.69, 9.17) is 5.73 Å². The highest BCUT2D eigenvalue weighted by molar-refractivity contribution is 6.28. The van der Waals surface area contributed by atoms with Crippen molar-refractivity contribution < 1.29 is 0 Å². The molecule has 1 atom stereocenters. The van der Waals surface area contributed by atoms with Crippen LogP contribution in [0.25, 0.3) is 132 Å². The fourth-order valence-corrected chi connectivity index (χ4v) is 16.3. The van der Waals surface area contributed by atoms with Crippen LogP contribution in [0.2, 0.25) is 0 Å². The fraction of sp³-hybridized carbons (Fsp3) is 0.173. The molecule has 2 aliphatic carbocycles. The van der Waals surface area contributed by atoms with Gasteiger partial charge in [0.15, 0.2) is 0 Å². The Morgan fingerprint density at radius 2 is 0.793 bits per heavy atom. The highest BCUT2D eigenvalue weighted by atomic mass is 15.0. The molecule has 1 unspecified atom stereocenters. The third kappa shape index (κ3) is 7.88. The van der Waals surface area contributed by atoms with E-state index in [2.05, 4.69) is 256 Å². The number of nitriles is 1. The molecule has 2 aliphatic rings. The summed E-state index contributed by atoms with van der Waals surface area (Å²) < 4.78 is 10.5. The molecular formula is C81H66N6. The zero-order chi connectivity index (χ0) is 57.9. The average molecular weight is 1120 g/mol. The monoisotopic (exact) mass is 1120 g/mol. The number of rotatable bonds is 9. The molecule has 6 heteroatoms. The molecule has 87 heavy (non-hydrogen) atoms. The largest absolute Gasteiger partial charge is 0.324 e. The average Bonchev–Trinajstić information content (AvgIpc) is 1.66. The Labute approximate surface area is 506 Å². The molecule has 2 fully saturated rings. The lowest BCUT2D eigenvalue weighted by molar-refractivity contribution is 0.435. The lowest BCUT2D eigenvalue weighted by atomic mass is 9.72. The van der Waals surface area contributed by atoms with Crippen molar-refractivity contribution in [1.29, 1.82) is 5.26 Å². The van der Waals surface area contributed by atoms with Crippen LogP contribution in [0.4, 0.5) is 0 Å². The number of fused-ring (bicyclic) bond motifs is 14. The predicted molar refractivity (Wildman–Crippen MR) is 364 cm³/mol. The highest BCUT2D eigenvalue weighted by Gasteiger charge is 2.38. The van der Waals surface area contributed by atoms with Crippen LogP contribution in [0.1, 0.15) is 111 Å². The first kappa shape index (κ1) is 51.5. The van der Waals surface area contributed by atoms with Crippen LogP contribution >= 0.6 is 0 Å². The summed E-state index contributed by atoms with van der Waals surface area (Å²) in [6.07, 6.45) is 11.3. The Hall–Kier alpha value is -9.93. The van der Waals surface area contributed by atoms with Gasteiger partial charge in [0.2, 0.25) is 0 Å². The van der Waals surface area contributed by atoms with Crippen LogP contribution in [0, 0.1) is 11.3 Å². The first-order valence-electron chi connectivity index (χ1n) is 31.7. The van der Waals surface area contributed by atoms with Crippen LogP contribution in [0.5, 0.6) is 0 Å². The summed E-state index contributed by atoms with van der Waals surface area (Å²) in [5.74, 6) is 0.395. The predicted octanol–water partition coefficient (Wildman–Crippen LogP) is 21.4. The van der Waals surface area contributed by atoms with Crippen LogP contribution in [0.15, 0.2) is 231 Å². The second-order valence-corrected chi connectivity index (χ2v) is 24.8. The maximum absolute atomic E-state index is 11.1. The summed E-state index contributed by atoms with van der Waals surface area (Å²) in [4.78, 5) is 0. The standard InChI is InChI=1S/C81H66N6/c1-51(83)55-29-23-31-57(49-55)75-73(54-27-8-3-9-28-54)80(86-66-40-18-14-36-60(66)62-44-46-70-76(78(62)86)64-38-16-20-42-68(64)84(70)58-32-10-4-11-33-58)72(53-25-6-2-7-26-53)74(56-30-22-24-52(48-56)50-82)81(75)87-67-41-19-15-37-61(67)63-45-47-71-77(79(63)87)65-39-17-21-43-69(65)85(71)59-34-12-5-13-35-59/h4-5,10-24,29-49,51,53-54H,2-3,6-9,25-28,83H2,1H3. The van der Waals surface area contributed by atoms with Crippen molar-refractivity contribution in [1.82, 2.24) is 18.3 Å². The number of aromatic nitrogens is 4. The van der Waals surface area contributed by atoms with Gasteiger partial charge in [-0.15, -0.1) is 0 Å².